The third kappa shape index (κ3) is 4.12. The van der Waals surface area contributed by atoms with Crippen LogP contribution in [0, 0.1) is 0 Å². The van der Waals surface area contributed by atoms with E-state index < -0.39 is 5.91 Å². The van der Waals surface area contributed by atoms with Crippen molar-refractivity contribution in [3.63, 3.8) is 0 Å². The number of benzene rings is 2. The first-order chi connectivity index (χ1) is 12.0. The molecule has 1 aromatic heterocycles. The van der Waals surface area contributed by atoms with Crippen LogP contribution in [0.3, 0.4) is 0 Å². The van der Waals surface area contributed by atoms with Crippen LogP contribution < -0.4 is 10.9 Å². The monoisotopic (exact) mass is 374 g/mol. The van der Waals surface area contributed by atoms with Gasteiger partial charge in [0.25, 0.3) is 5.91 Å². The molecule has 0 saturated heterocycles. The largest absolute Gasteiger partial charge is 0.322 e. The summed E-state index contributed by atoms with van der Waals surface area (Å²) in [5.74, 6) is -0.588. The van der Waals surface area contributed by atoms with Gasteiger partial charge in [-0.15, -0.1) is 0 Å². The van der Waals surface area contributed by atoms with Crippen LogP contribution in [-0.4, -0.2) is 27.1 Å². The Balaban J connectivity index is 1.53. The highest BCUT2D eigenvalue weighted by molar-refractivity contribution is 7.99. The summed E-state index contributed by atoms with van der Waals surface area (Å²) < 4.78 is 1.93. The van der Waals surface area contributed by atoms with E-state index in [-0.39, 0.29) is 11.7 Å². The Morgan fingerprint density at radius 1 is 1.12 bits per heavy atom. The Bertz CT molecular complexity index is 924. The van der Waals surface area contributed by atoms with Crippen LogP contribution in [0.5, 0.6) is 0 Å². The second-order valence-corrected chi connectivity index (χ2v) is 6.62. The van der Waals surface area contributed by atoms with Gasteiger partial charge in [-0.25, -0.2) is 4.98 Å². The molecule has 6 nitrogen and oxygen atoms in total. The highest BCUT2D eigenvalue weighted by Gasteiger charge is 2.11. The molecular formula is C17H15ClN4O2S. The number of nitrogens with zero attached hydrogens (tertiary/aromatic N) is 2. The van der Waals surface area contributed by atoms with Crippen molar-refractivity contribution < 1.29 is 9.59 Å². The number of carbonyl (C=O) groups is 2. The van der Waals surface area contributed by atoms with Gasteiger partial charge in [0.05, 0.1) is 16.8 Å². The summed E-state index contributed by atoms with van der Waals surface area (Å²) in [6.07, 6.45) is 0. The number of halogens is 1. The van der Waals surface area contributed by atoms with E-state index in [2.05, 4.69) is 15.8 Å². The molecule has 128 valence electrons. The van der Waals surface area contributed by atoms with Crippen molar-refractivity contribution in [2.75, 3.05) is 5.75 Å². The molecule has 0 aliphatic heterocycles. The molecule has 0 aliphatic rings. The predicted molar refractivity (Wildman–Crippen MR) is 98.5 cm³/mol. The molecule has 0 fully saturated rings. The van der Waals surface area contributed by atoms with Crippen molar-refractivity contribution in [1.82, 2.24) is 20.4 Å². The van der Waals surface area contributed by atoms with Gasteiger partial charge in [-0.2, -0.15) is 0 Å². The molecule has 8 heteroatoms. The Morgan fingerprint density at radius 3 is 2.56 bits per heavy atom. The van der Waals surface area contributed by atoms with Crippen LogP contribution >= 0.6 is 23.4 Å². The van der Waals surface area contributed by atoms with Crippen molar-refractivity contribution in [2.45, 2.75) is 5.16 Å². The maximum atomic E-state index is 11.9. The topological polar surface area (TPSA) is 76.0 Å². The zero-order valence-electron chi connectivity index (χ0n) is 13.3. The van der Waals surface area contributed by atoms with Gasteiger partial charge in [0, 0.05) is 17.6 Å². The average Bonchev–Trinajstić information content (AvgIpc) is 2.95. The van der Waals surface area contributed by atoms with Crippen molar-refractivity contribution in [1.29, 1.82) is 0 Å². The van der Waals surface area contributed by atoms with Gasteiger partial charge in [0.15, 0.2) is 5.16 Å². The number of aromatic nitrogens is 2. The van der Waals surface area contributed by atoms with Crippen molar-refractivity contribution in [3.05, 3.63) is 59.1 Å². The molecule has 2 N–H and O–H groups in total. The van der Waals surface area contributed by atoms with E-state index in [0.29, 0.717) is 10.6 Å². The Hall–Kier alpha value is -2.51. The second-order valence-electron chi connectivity index (χ2n) is 5.24. The highest BCUT2D eigenvalue weighted by atomic mass is 35.5. The molecule has 3 aromatic rings. The third-order valence-electron chi connectivity index (χ3n) is 3.50. The summed E-state index contributed by atoms with van der Waals surface area (Å²) in [6.45, 7) is 0. The van der Waals surface area contributed by atoms with Gasteiger partial charge in [-0.05, 0) is 36.4 Å². The number of amides is 2. The molecule has 0 bridgehead atoms. The van der Waals surface area contributed by atoms with Gasteiger partial charge in [-0.1, -0.05) is 35.5 Å². The summed E-state index contributed by atoms with van der Waals surface area (Å²) in [6, 6.07) is 14.1. The number of carbonyl (C=O) groups excluding carboxylic acids is 2. The zero-order chi connectivity index (χ0) is 17.8. The lowest BCUT2D eigenvalue weighted by molar-refractivity contribution is -0.119. The minimum Gasteiger partial charge on any atom is -0.322 e. The minimum absolute atomic E-state index is 0.137. The summed E-state index contributed by atoms with van der Waals surface area (Å²) in [5, 5.41) is 1.28. The van der Waals surface area contributed by atoms with E-state index in [9.17, 15) is 9.59 Å². The van der Waals surface area contributed by atoms with Crippen LogP contribution in [-0.2, 0) is 11.8 Å². The van der Waals surface area contributed by atoms with E-state index in [1.54, 1.807) is 24.3 Å². The lowest BCUT2D eigenvalue weighted by Crippen LogP contribution is -2.42. The predicted octanol–water partition coefficient (Wildman–Crippen LogP) is 2.78. The number of rotatable bonds is 4. The van der Waals surface area contributed by atoms with E-state index in [0.717, 1.165) is 16.2 Å². The molecule has 1 heterocycles. The number of hydrogen-bond donors (Lipinski definition) is 2. The molecule has 2 aromatic carbocycles. The molecule has 25 heavy (non-hydrogen) atoms. The van der Waals surface area contributed by atoms with Gasteiger partial charge in [-0.3, -0.25) is 20.4 Å². The zero-order valence-corrected chi connectivity index (χ0v) is 14.9. The Labute approximate surface area is 153 Å². The Morgan fingerprint density at radius 2 is 1.84 bits per heavy atom. The average molecular weight is 375 g/mol. The van der Waals surface area contributed by atoms with Crippen LogP contribution in [0.2, 0.25) is 5.02 Å². The number of fused-ring (bicyclic) bond motifs is 1. The summed E-state index contributed by atoms with van der Waals surface area (Å²) in [4.78, 5) is 28.3. The Kier molecular flexibility index (Phi) is 5.25. The number of hydrazine groups is 1. The first-order valence-corrected chi connectivity index (χ1v) is 8.80. The second kappa shape index (κ2) is 7.58. The first kappa shape index (κ1) is 17.3. The lowest BCUT2D eigenvalue weighted by Gasteiger charge is -2.07. The summed E-state index contributed by atoms with van der Waals surface area (Å²) in [7, 11) is 1.90. The number of para-hydroxylation sites is 2. The standard InChI is InChI=1S/C17H15ClN4O2S/c1-22-14-5-3-2-4-13(14)19-17(22)25-10-15(23)20-21-16(24)11-6-8-12(18)9-7-11/h2-9H,10H2,1H3,(H,20,23)(H,21,24). The summed E-state index contributed by atoms with van der Waals surface area (Å²) >= 11 is 7.07. The minimum atomic E-state index is -0.405. The van der Waals surface area contributed by atoms with Gasteiger partial charge >= 0.3 is 0 Å². The van der Waals surface area contributed by atoms with E-state index in [1.807, 2.05) is 35.9 Å². The maximum Gasteiger partial charge on any atom is 0.269 e. The molecule has 0 aliphatic carbocycles. The number of nitrogens with one attached hydrogen (secondary N) is 2. The van der Waals surface area contributed by atoms with Crippen LogP contribution in [0.25, 0.3) is 11.0 Å². The van der Waals surface area contributed by atoms with Crippen molar-refractivity contribution >= 4 is 46.2 Å². The molecule has 0 atom stereocenters. The van der Waals surface area contributed by atoms with Crippen molar-refractivity contribution in [3.8, 4) is 0 Å². The fourth-order valence-corrected chi connectivity index (χ4v) is 3.13. The first-order valence-electron chi connectivity index (χ1n) is 7.43. The SMILES string of the molecule is Cn1c(SCC(=O)NNC(=O)c2ccc(Cl)cc2)nc2ccccc21. The third-order valence-corrected chi connectivity index (χ3v) is 4.78. The van der Waals surface area contributed by atoms with E-state index >= 15 is 0 Å². The number of thioether (sulfide) groups is 1. The summed E-state index contributed by atoms with van der Waals surface area (Å²) in [5.41, 5.74) is 7.05. The smallest absolute Gasteiger partial charge is 0.269 e. The normalized spacial score (nSPS) is 10.6. The quantitative estimate of drug-likeness (QED) is 0.544. The molecule has 0 radical (unpaired) electrons. The molecular weight excluding hydrogens is 360 g/mol. The molecule has 2 amide bonds. The lowest BCUT2D eigenvalue weighted by atomic mass is 10.2. The molecule has 0 unspecified atom stereocenters. The van der Waals surface area contributed by atoms with Crippen molar-refractivity contribution in [2.24, 2.45) is 7.05 Å². The van der Waals surface area contributed by atoms with Gasteiger partial charge in [0.1, 0.15) is 0 Å². The van der Waals surface area contributed by atoms with Gasteiger partial charge in [0.2, 0.25) is 5.91 Å². The van der Waals surface area contributed by atoms with Gasteiger partial charge < -0.3 is 4.57 Å². The fraction of sp³-hybridized carbons (Fsp3) is 0.118. The number of hydrogen-bond acceptors (Lipinski definition) is 4. The molecule has 3 rings (SSSR count). The van der Waals surface area contributed by atoms with E-state index in [1.165, 1.54) is 11.8 Å². The number of imidazole rings is 1. The van der Waals surface area contributed by atoms with Crippen LogP contribution in [0.15, 0.2) is 53.7 Å². The maximum absolute atomic E-state index is 11.9. The number of aryl methyl sites for hydroxylation is 1. The fourth-order valence-electron chi connectivity index (χ4n) is 2.22. The van der Waals surface area contributed by atoms with E-state index in [4.69, 9.17) is 11.6 Å². The molecule has 0 spiro atoms. The van der Waals surface area contributed by atoms with Crippen LogP contribution in [0.1, 0.15) is 10.4 Å². The van der Waals surface area contributed by atoms with Crippen LogP contribution in [0.4, 0.5) is 0 Å². The molecule has 0 saturated carbocycles. The highest BCUT2D eigenvalue weighted by Crippen LogP contribution is 2.22.